The van der Waals surface area contributed by atoms with Gasteiger partial charge in [0.2, 0.25) is 0 Å². The van der Waals surface area contributed by atoms with E-state index in [1.807, 2.05) is 31.2 Å². The molecule has 0 aliphatic heterocycles. The Bertz CT molecular complexity index is 550. The molecule has 3 nitrogen and oxygen atoms in total. The Labute approximate surface area is 120 Å². The lowest BCUT2D eigenvalue weighted by atomic mass is 9.96. The number of hydrogen-bond acceptors (Lipinski definition) is 2. The first-order chi connectivity index (χ1) is 9.67. The zero-order chi connectivity index (χ0) is 14.8. The second-order valence-corrected chi connectivity index (χ2v) is 4.11. The van der Waals surface area contributed by atoms with E-state index >= 15 is 0 Å². The largest absolute Gasteiger partial charge is 0.481 e. The van der Waals surface area contributed by atoms with Gasteiger partial charge in [0.15, 0.2) is 0 Å². The molecule has 0 saturated heterocycles. The second-order valence-electron chi connectivity index (χ2n) is 4.11. The van der Waals surface area contributed by atoms with Crippen molar-refractivity contribution in [1.29, 1.82) is 0 Å². The molecule has 1 aromatic carbocycles. The summed E-state index contributed by atoms with van der Waals surface area (Å²) in [5, 5.41) is 8.89. The molecule has 0 heterocycles. The topological polar surface area (TPSA) is 46.5 Å². The average molecular weight is 270 g/mol. The first kappa shape index (κ1) is 15.7. The molecule has 20 heavy (non-hydrogen) atoms. The van der Waals surface area contributed by atoms with E-state index in [1.165, 1.54) is 0 Å². The van der Waals surface area contributed by atoms with E-state index in [4.69, 9.17) is 9.84 Å². The zero-order valence-corrected chi connectivity index (χ0v) is 11.8. The van der Waals surface area contributed by atoms with E-state index in [0.717, 1.165) is 17.7 Å². The maximum Gasteiger partial charge on any atom is 0.304 e. The summed E-state index contributed by atoms with van der Waals surface area (Å²) in [6.07, 6.45) is 0.817. The molecule has 104 valence electrons. The summed E-state index contributed by atoms with van der Waals surface area (Å²) in [7, 11) is 0. The number of carboxylic acid groups (broad SMARTS) is 1. The Kier molecular flexibility index (Phi) is 6.79. The van der Waals surface area contributed by atoms with Crippen LogP contribution in [0.25, 0.3) is 0 Å². The normalized spacial score (nSPS) is 10.5. The van der Waals surface area contributed by atoms with Crippen LogP contribution in [0.5, 0.6) is 5.75 Å². The fourth-order valence-electron chi connectivity index (χ4n) is 1.69. The van der Waals surface area contributed by atoms with Crippen molar-refractivity contribution < 1.29 is 14.6 Å². The van der Waals surface area contributed by atoms with Crippen LogP contribution in [0.1, 0.15) is 38.2 Å². The summed E-state index contributed by atoms with van der Waals surface area (Å²) < 4.78 is 5.46. The fraction of sp³-hybridized carbons (Fsp3) is 0.353. The first-order valence-electron chi connectivity index (χ1n) is 6.50. The maximum absolute atomic E-state index is 10.8. The minimum absolute atomic E-state index is 0.00300. The molecule has 0 bridgehead atoms. The van der Waals surface area contributed by atoms with Gasteiger partial charge in [-0.1, -0.05) is 30.9 Å². The van der Waals surface area contributed by atoms with Gasteiger partial charge in [0.05, 0.1) is 12.3 Å². The molecule has 0 aliphatic carbocycles. The summed E-state index contributed by atoms with van der Waals surface area (Å²) >= 11 is 0. The van der Waals surface area contributed by atoms with Gasteiger partial charge < -0.3 is 9.84 Å². The van der Waals surface area contributed by atoms with Crippen LogP contribution in [0, 0.1) is 23.7 Å². The first-order valence-corrected chi connectivity index (χ1v) is 6.50. The standard InChI is InChI=1S/C17H18O3/c1-3-5-6-12-20-16-10-8-14(9-11-16)15(7-4-2)13-17(18)19/h8-11,15H,3,12-13H2,1-2H3,(H,18,19). The van der Waals surface area contributed by atoms with E-state index in [-0.39, 0.29) is 12.3 Å². The van der Waals surface area contributed by atoms with Gasteiger partial charge in [-0.25, -0.2) is 0 Å². The minimum atomic E-state index is -0.854. The molecule has 1 N–H and O–H groups in total. The van der Waals surface area contributed by atoms with Crippen LogP contribution in [0.15, 0.2) is 24.3 Å². The van der Waals surface area contributed by atoms with E-state index < -0.39 is 5.97 Å². The molecule has 0 amide bonds. The third-order valence-electron chi connectivity index (χ3n) is 2.59. The number of carboxylic acids is 1. The molecule has 0 saturated carbocycles. The fourth-order valence-corrected chi connectivity index (χ4v) is 1.69. The molecule has 1 rings (SSSR count). The summed E-state index contributed by atoms with van der Waals surface area (Å²) in [5.74, 6) is 11.1. The van der Waals surface area contributed by atoms with Crippen LogP contribution in [-0.4, -0.2) is 17.7 Å². The van der Waals surface area contributed by atoms with E-state index in [1.54, 1.807) is 6.92 Å². The van der Waals surface area contributed by atoms with Gasteiger partial charge in [0.1, 0.15) is 12.4 Å². The molecule has 0 aromatic heterocycles. The number of rotatable bonds is 5. The Morgan fingerprint density at radius 2 is 2.00 bits per heavy atom. The van der Waals surface area contributed by atoms with Gasteiger partial charge >= 0.3 is 5.97 Å². The monoisotopic (exact) mass is 270 g/mol. The molecular weight excluding hydrogens is 252 g/mol. The summed E-state index contributed by atoms with van der Waals surface area (Å²) in [6, 6.07) is 7.32. The molecule has 0 radical (unpaired) electrons. The highest BCUT2D eigenvalue weighted by atomic mass is 16.5. The number of carbonyl (C=O) groups is 1. The Morgan fingerprint density at radius 3 is 2.55 bits per heavy atom. The van der Waals surface area contributed by atoms with Gasteiger partial charge in [-0.3, -0.25) is 4.79 Å². The average Bonchev–Trinajstić information content (AvgIpc) is 2.43. The van der Waals surface area contributed by atoms with Crippen molar-refractivity contribution in [3.63, 3.8) is 0 Å². The second kappa shape index (κ2) is 8.67. The third-order valence-corrected chi connectivity index (χ3v) is 2.59. The van der Waals surface area contributed by atoms with Gasteiger partial charge in [0.25, 0.3) is 0 Å². The van der Waals surface area contributed by atoms with Crippen LogP contribution < -0.4 is 4.74 Å². The lowest BCUT2D eigenvalue weighted by molar-refractivity contribution is -0.137. The number of benzene rings is 1. The quantitative estimate of drug-likeness (QED) is 0.836. The molecule has 0 fully saturated rings. The van der Waals surface area contributed by atoms with E-state index in [0.29, 0.717) is 6.61 Å². The Morgan fingerprint density at radius 1 is 1.30 bits per heavy atom. The summed E-state index contributed by atoms with van der Waals surface area (Å²) in [4.78, 5) is 10.8. The smallest absolute Gasteiger partial charge is 0.304 e. The number of hydrogen-bond donors (Lipinski definition) is 1. The molecular formula is C17H18O3. The van der Waals surface area contributed by atoms with Gasteiger partial charge in [0, 0.05) is 6.42 Å². The van der Waals surface area contributed by atoms with Crippen LogP contribution in [0.3, 0.4) is 0 Å². The van der Waals surface area contributed by atoms with Gasteiger partial charge in [-0.2, -0.15) is 0 Å². The molecule has 1 aromatic rings. The molecule has 3 heteroatoms. The lowest BCUT2D eigenvalue weighted by Crippen LogP contribution is -2.04. The highest BCUT2D eigenvalue weighted by Gasteiger charge is 2.12. The van der Waals surface area contributed by atoms with Gasteiger partial charge in [-0.15, -0.1) is 11.8 Å². The Balaban J connectivity index is 2.71. The maximum atomic E-state index is 10.8. The van der Waals surface area contributed by atoms with Gasteiger partial charge in [-0.05, 0) is 24.6 Å². The number of ether oxygens (including phenoxy) is 1. The minimum Gasteiger partial charge on any atom is -0.481 e. The van der Waals surface area contributed by atoms with Crippen LogP contribution in [-0.2, 0) is 4.79 Å². The predicted octanol–water partition coefficient (Wildman–Crippen LogP) is 3.06. The van der Waals surface area contributed by atoms with Crippen molar-refractivity contribution in [3.8, 4) is 29.4 Å². The zero-order valence-electron chi connectivity index (χ0n) is 11.8. The third kappa shape index (κ3) is 5.50. The van der Waals surface area contributed by atoms with Crippen molar-refractivity contribution >= 4 is 5.97 Å². The highest BCUT2D eigenvalue weighted by molar-refractivity contribution is 5.69. The van der Waals surface area contributed by atoms with Crippen LogP contribution in [0.4, 0.5) is 0 Å². The van der Waals surface area contributed by atoms with Crippen LogP contribution >= 0.6 is 0 Å². The number of aliphatic carboxylic acids is 1. The molecule has 1 atom stereocenters. The van der Waals surface area contributed by atoms with Crippen molar-refractivity contribution in [2.45, 2.75) is 32.6 Å². The van der Waals surface area contributed by atoms with E-state index in [9.17, 15) is 4.79 Å². The van der Waals surface area contributed by atoms with E-state index in [2.05, 4.69) is 23.7 Å². The van der Waals surface area contributed by atoms with Crippen molar-refractivity contribution in [1.82, 2.24) is 0 Å². The highest BCUT2D eigenvalue weighted by Crippen LogP contribution is 2.22. The van der Waals surface area contributed by atoms with Crippen molar-refractivity contribution in [2.24, 2.45) is 0 Å². The molecule has 1 unspecified atom stereocenters. The lowest BCUT2D eigenvalue weighted by Gasteiger charge is -2.09. The summed E-state index contributed by atoms with van der Waals surface area (Å²) in [6.45, 7) is 4.05. The van der Waals surface area contributed by atoms with Crippen molar-refractivity contribution in [2.75, 3.05) is 6.61 Å². The molecule has 0 spiro atoms. The molecule has 0 aliphatic rings. The SMILES string of the molecule is CC#CC(CC(=O)O)c1ccc(OCC#CCC)cc1. The van der Waals surface area contributed by atoms with Crippen molar-refractivity contribution in [3.05, 3.63) is 29.8 Å². The summed E-state index contributed by atoms with van der Waals surface area (Å²) in [5.41, 5.74) is 0.883. The predicted molar refractivity (Wildman–Crippen MR) is 78.4 cm³/mol. The Hall–Kier alpha value is -2.39. The van der Waals surface area contributed by atoms with Crippen LogP contribution in [0.2, 0.25) is 0 Å².